The summed E-state index contributed by atoms with van der Waals surface area (Å²) in [6.07, 6.45) is -2.69. The highest BCUT2D eigenvalue weighted by Crippen LogP contribution is 2.44. The van der Waals surface area contributed by atoms with E-state index in [1.54, 1.807) is 24.4 Å². The number of thiocarbonyl (C=S) groups is 1. The second-order valence-corrected chi connectivity index (χ2v) is 7.91. The minimum absolute atomic E-state index is 0.224. The predicted octanol–water partition coefficient (Wildman–Crippen LogP) is 3.57. The summed E-state index contributed by atoms with van der Waals surface area (Å²) in [4.78, 5) is 0.111. The number of halogens is 3. The van der Waals surface area contributed by atoms with Crippen LogP contribution in [0.3, 0.4) is 0 Å². The highest BCUT2D eigenvalue weighted by molar-refractivity contribution is 7.91. The van der Waals surface area contributed by atoms with E-state index in [9.17, 15) is 21.6 Å². The molecule has 0 saturated heterocycles. The molecule has 0 saturated carbocycles. The molecule has 0 radical (unpaired) electrons. The third-order valence-electron chi connectivity index (χ3n) is 3.70. The number of anilines is 1. The molecule has 0 heterocycles. The summed E-state index contributed by atoms with van der Waals surface area (Å²) < 4.78 is 66.5. The number of rotatable bonds is 3. The van der Waals surface area contributed by atoms with Gasteiger partial charge in [0.2, 0.25) is 0 Å². The zero-order valence-electron chi connectivity index (χ0n) is 14.2. The van der Waals surface area contributed by atoms with E-state index in [4.69, 9.17) is 17.5 Å². The Kier molecular flexibility index (Phi) is 5.77. The quantitative estimate of drug-likeness (QED) is 0.471. The van der Waals surface area contributed by atoms with Gasteiger partial charge in [-0.1, -0.05) is 36.4 Å². The van der Waals surface area contributed by atoms with E-state index in [1.165, 1.54) is 31.3 Å². The lowest BCUT2D eigenvalue weighted by molar-refractivity contribution is -0.139. The number of nitrogens with zero attached hydrogens (tertiary/aromatic N) is 2. The van der Waals surface area contributed by atoms with E-state index in [0.29, 0.717) is 6.26 Å². The number of nitrogens with one attached hydrogen (secondary N) is 1. The van der Waals surface area contributed by atoms with Crippen molar-refractivity contribution in [2.24, 2.45) is 0 Å². The maximum Gasteiger partial charge on any atom is 0.418 e. The van der Waals surface area contributed by atoms with Gasteiger partial charge in [0.05, 0.1) is 11.3 Å². The summed E-state index contributed by atoms with van der Waals surface area (Å²) in [6, 6.07) is 10.1. The predicted molar refractivity (Wildman–Crippen MR) is 99.7 cm³/mol. The first-order chi connectivity index (χ1) is 12.5. The van der Waals surface area contributed by atoms with Crippen LogP contribution in [-0.4, -0.2) is 26.8 Å². The third-order valence-corrected chi connectivity index (χ3v) is 5.24. The van der Waals surface area contributed by atoms with Crippen LogP contribution in [0, 0.1) is 11.5 Å². The number of hydrogen-bond donors (Lipinski definition) is 1. The van der Waals surface area contributed by atoms with Gasteiger partial charge in [0.25, 0.3) is 0 Å². The maximum absolute atomic E-state index is 13.9. The van der Waals surface area contributed by atoms with E-state index in [2.05, 4.69) is 5.32 Å². The zero-order valence-corrected chi connectivity index (χ0v) is 15.8. The topological polar surface area (TPSA) is 73.2 Å². The van der Waals surface area contributed by atoms with Crippen LogP contribution >= 0.6 is 12.2 Å². The van der Waals surface area contributed by atoms with E-state index in [0.717, 1.165) is 4.90 Å². The summed E-state index contributed by atoms with van der Waals surface area (Å²) >= 11 is 4.92. The van der Waals surface area contributed by atoms with Crippen molar-refractivity contribution in [2.75, 3.05) is 18.2 Å². The van der Waals surface area contributed by atoms with E-state index >= 15 is 0 Å². The lowest BCUT2D eigenvalue weighted by atomic mass is 9.98. The molecule has 1 N–H and O–H groups in total. The molecule has 0 aliphatic carbocycles. The van der Waals surface area contributed by atoms with Crippen LogP contribution in [0.2, 0.25) is 0 Å². The fraction of sp³-hybridized carbons (Fsp3) is 0.176. The van der Waals surface area contributed by atoms with E-state index in [-0.39, 0.29) is 21.9 Å². The Labute approximate surface area is 159 Å². The molecule has 0 aliphatic rings. The van der Waals surface area contributed by atoms with Crippen LogP contribution in [0.1, 0.15) is 5.56 Å². The van der Waals surface area contributed by atoms with Crippen molar-refractivity contribution in [3.05, 3.63) is 48.0 Å². The Balaban J connectivity index is 2.91. The average molecular weight is 413 g/mol. The Morgan fingerprint density at radius 1 is 1.19 bits per heavy atom. The van der Waals surface area contributed by atoms with Crippen LogP contribution < -0.4 is 10.2 Å². The second-order valence-electron chi connectivity index (χ2n) is 5.57. The molecule has 0 atom stereocenters. The first kappa shape index (κ1) is 20.7. The molecule has 10 heteroatoms. The van der Waals surface area contributed by atoms with Gasteiger partial charge in [-0.3, -0.25) is 5.32 Å². The monoisotopic (exact) mass is 413 g/mol. The molecule has 0 aromatic heterocycles. The van der Waals surface area contributed by atoms with Crippen molar-refractivity contribution < 1.29 is 21.6 Å². The molecule has 0 unspecified atom stereocenters. The molecular weight excluding hydrogens is 399 g/mol. The van der Waals surface area contributed by atoms with Crippen LogP contribution in [0.4, 0.5) is 18.9 Å². The molecule has 0 bridgehead atoms. The van der Waals surface area contributed by atoms with Gasteiger partial charge in [-0.25, -0.2) is 8.42 Å². The molecule has 0 amide bonds. The molecule has 5 nitrogen and oxygen atoms in total. The Bertz CT molecular complexity index is 1010. The van der Waals surface area contributed by atoms with Crippen molar-refractivity contribution in [3.63, 3.8) is 0 Å². The standard InChI is InChI=1S/C17H14F3N3O2S2/c1-23(16(26)22-10-21)13-9-8-12(11-6-4-3-5-7-11)14(17(18,19)20)15(13)27(2,24)25/h3-9H,1-2H3,(H,22,26). The van der Waals surface area contributed by atoms with Gasteiger partial charge in [-0.05, 0) is 29.4 Å². The van der Waals surface area contributed by atoms with Crippen LogP contribution in [-0.2, 0) is 16.0 Å². The highest BCUT2D eigenvalue weighted by atomic mass is 32.2. The highest BCUT2D eigenvalue weighted by Gasteiger charge is 2.41. The molecule has 2 rings (SSSR count). The van der Waals surface area contributed by atoms with Gasteiger partial charge >= 0.3 is 6.18 Å². The summed E-state index contributed by atoms with van der Waals surface area (Å²) in [5.41, 5.74) is -1.60. The van der Waals surface area contributed by atoms with Crippen molar-refractivity contribution >= 4 is 32.9 Å². The number of nitriles is 1. The lowest BCUT2D eigenvalue weighted by Gasteiger charge is -2.25. The van der Waals surface area contributed by atoms with Crippen molar-refractivity contribution in [1.29, 1.82) is 5.26 Å². The maximum atomic E-state index is 13.9. The lowest BCUT2D eigenvalue weighted by Crippen LogP contribution is -2.35. The normalized spacial score (nSPS) is 11.6. The van der Waals surface area contributed by atoms with Crippen molar-refractivity contribution in [1.82, 2.24) is 5.32 Å². The summed E-state index contributed by atoms with van der Waals surface area (Å²) in [5.74, 6) is 0. The van der Waals surface area contributed by atoms with Gasteiger partial charge in [-0.2, -0.15) is 18.4 Å². The Hall–Kier alpha value is -2.64. The third kappa shape index (κ3) is 4.37. The molecular formula is C17H14F3N3O2S2. The molecule has 142 valence electrons. The Morgan fingerprint density at radius 3 is 2.26 bits per heavy atom. The van der Waals surface area contributed by atoms with Crippen LogP contribution in [0.25, 0.3) is 11.1 Å². The van der Waals surface area contributed by atoms with Gasteiger partial charge in [-0.15, -0.1) is 0 Å². The number of sulfone groups is 1. The van der Waals surface area contributed by atoms with E-state index in [1.807, 2.05) is 0 Å². The number of benzene rings is 2. The SMILES string of the molecule is CN(C(=S)NC#N)c1ccc(-c2ccccc2)c(C(F)(F)F)c1S(C)(=O)=O. The molecule has 0 spiro atoms. The molecule has 2 aromatic rings. The van der Waals surface area contributed by atoms with Crippen LogP contribution in [0.15, 0.2) is 47.4 Å². The summed E-state index contributed by atoms with van der Waals surface area (Å²) in [6.45, 7) is 0. The number of alkyl halides is 3. The molecule has 0 aliphatic heterocycles. The van der Waals surface area contributed by atoms with Gasteiger partial charge in [0.1, 0.15) is 4.90 Å². The van der Waals surface area contributed by atoms with E-state index < -0.39 is 26.5 Å². The first-order valence-electron chi connectivity index (χ1n) is 7.41. The largest absolute Gasteiger partial charge is 0.418 e. The van der Waals surface area contributed by atoms with Gasteiger partial charge in [0, 0.05) is 13.3 Å². The molecule has 27 heavy (non-hydrogen) atoms. The zero-order chi connectivity index (χ0) is 20.4. The minimum atomic E-state index is -4.94. The fourth-order valence-corrected chi connectivity index (χ4v) is 3.92. The van der Waals surface area contributed by atoms with Crippen molar-refractivity contribution in [2.45, 2.75) is 11.1 Å². The van der Waals surface area contributed by atoms with Gasteiger partial charge < -0.3 is 4.90 Å². The summed E-state index contributed by atoms with van der Waals surface area (Å²) in [5, 5.41) is 10.5. The Morgan fingerprint density at radius 2 is 1.78 bits per heavy atom. The fourth-order valence-electron chi connectivity index (χ4n) is 2.59. The molecule has 2 aromatic carbocycles. The second kappa shape index (κ2) is 7.54. The van der Waals surface area contributed by atoms with Gasteiger partial charge in [0.15, 0.2) is 21.1 Å². The van der Waals surface area contributed by atoms with Crippen molar-refractivity contribution in [3.8, 4) is 17.3 Å². The first-order valence-corrected chi connectivity index (χ1v) is 9.71. The summed E-state index contributed by atoms with van der Waals surface area (Å²) in [7, 11) is -3.03. The molecule has 0 fully saturated rings. The smallest absolute Gasteiger partial charge is 0.320 e. The van der Waals surface area contributed by atoms with Crippen LogP contribution in [0.5, 0.6) is 0 Å². The average Bonchev–Trinajstić information content (AvgIpc) is 2.59. The minimum Gasteiger partial charge on any atom is -0.320 e. The number of hydrogen-bond acceptors (Lipinski definition) is 4.